The van der Waals surface area contributed by atoms with Crippen molar-refractivity contribution in [1.29, 1.82) is 0 Å². The van der Waals surface area contributed by atoms with Crippen LogP contribution in [0.25, 0.3) is 0 Å². The molecule has 0 spiro atoms. The molecule has 0 aromatic heterocycles. The Morgan fingerprint density at radius 3 is 3.00 bits per heavy atom. The highest BCUT2D eigenvalue weighted by atomic mass is 16.5. The number of piperidine rings is 1. The van der Waals surface area contributed by atoms with Crippen LogP contribution in [-0.2, 0) is 9.53 Å². The standard InChI is InChI=1S/C15H27NO4/c1-2-20-14(18)9-13(17)11-16-8-7-15(19)6-4-3-5-12(15)10-16/h12-13,17,19H,2-11H2,1H3. The van der Waals surface area contributed by atoms with Crippen LogP contribution in [0, 0.1) is 5.92 Å². The molecule has 116 valence electrons. The zero-order valence-electron chi connectivity index (χ0n) is 12.4. The first kappa shape index (κ1) is 15.7. The molecule has 1 aliphatic heterocycles. The normalized spacial score (nSPS) is 32.5. The third-order valence-electron chi connectivity index (χ3n) is 4.69. The topological polar surface area (TPSA) is 70.0 Å². The zero-order chi connectivity index (χ0) is 14.6. The second-order valence-corrected chi connectivity index (χ2v) is 6.22. The number of fused-ring (bicyclic) bond motifs is 1. The maximum absolute atomic E-state index is 11.3. The number of esters is 1. The fraction of sp³-hybridized carbons (Fsp3) is 0.933. The lowest BCUT2D eigenvalue weighted by atomic mass is 9.71. The van der Waals surface area contributed by atoms with Gasteiger partial charge in [0.15, 0.2) is 0 Å². The van der Waals surface area contributed by atoms with E-state index in [1.54, 1.807) is 6.92 Å². The molecule has 5 heteroatoms. The largest absolute Gasteiger partial charge is 0.466 e. The van der Waals surface area contributed by atoms with Crippen LogP contribution in [0.4, 0.5) is 0 Å². The van der Waals surface area contributed by atoms with Crippen molar-refractivity contribution in [1.82, 2.24) is 4.90 Å². The average Bonchev–Trinajstić information content (AvgIpc) is 2.39. The van der Waals surface area contributed by atoms with Crippen LogP contribution in [0.5, 0.6) is 0 Å². The molecule has 3 unspecified atom stereocenters. The van der Waals surface area contributed by atoms with Crippen molar-refractivity contribution in [2.45, 2.75) is 57.2 Å². The highest BCUT2D eigenvalue weighted by Gasteiger charge is 2.42. The summed E-state index contributed by atoms with van der Waals surface area (Å²) in [6.45, 7) is 4.23. The van der Waals surface area contributed by atoms with E-state index in [2.05, 4.69) is 4.90 Å². The summed E-state index contributed by atoms with van der Waals surface area (Å²) in [6, 6.07) is 0. The molecule has 3 atom stereocenters. The highest BCUT2D eigenvalue weighted by Crippen LogP contribution is 2.39. The van der Waals surface area contributed by atoms with E-state index < -0.39 is 11.7 Å². The van der Waals surface area contributed by atoms with Crippen molar-refractivity contribution in [2.24, 2.45) is 5.92 Å². The van der Waals surface area contributed by atoms with Crippen molar-refractivity contribution in [3.8, 4) is 0 Å². The summed E-state index contributed by atoms with van der Waals surface area (Å²) >= 11 is 0. The average molecular weight is 285 g/mol. The Bertz CT molecular complexity index is 336. The maximum atomic E-state index is 11.3. The van der Waals surface area contributed by atoms with Crippen LogP contribution in [0.1, 0.15) is 45.4 Å². The van der Waals surface area contributed by atoms with Crippen LogP contribution in [0.3, 0.4) is 0 Å². The molecule has 0 radical (unpaired) electrons. The molecule has 0 amide bonds. The molecule has 0 aromatic carbocycles. The summed E-state index contributed by atoms with van der Waals surface area (Å²) in [5.74, 6) is -0.0222. The molecule has 1 aliphatic carbocycles. The molecule has 2 aliphatic rings. The Balaban J connectivity index is 1.78. The summed E-state index contributed by atoms with van der Waals surface area (Å²) < 4.78 is 4.85. The van der Waals surface area contributed by atoms with Gasteiger partial charge in [-0.1, -0.05) is 12.8 Å². The lowest BCUT2D eigenvalue weighted by Crippen LogP contribution is -2.54. The smallest absolute Gasteiger partial charge is 0.308 e. The van der Waals surface area contributed by atoms with Gasteiger partial charge in [0.05, 0.1) is 24.7 Å². The predicted octanol–water partition coefficient (Wildman–Crippen LogP) is 0.927. The molecular weight excluding hydrogens is 258 g/mol. The number of β-amino-alcohol motifs (C(OH)–C–C–N with tert-alkyl or cyclic N) is 1. The molecule has 1 saturated carbocycles. The summed E-state index contributed by atoms with van der Waals surface area (Å²) in [7, 11) is 0. The quantitative estimate of drug-likeness (QED) is 0.735. The summed E-state index contributed by atoms with van der Waals surface area (Å²) in [4.78, 5) is 13.5. The second-order valence-electron chi connectivity index (χ2n) is 6.22. The highest BCUT2D eigenvalue weighted by molar-refractivity contribution is 5.69. The Hall–Kier alpha value is -0.650. The van der Waals surface area contributed by atoms with E-state index in [9.17, 15) is 15.0 Å². The Morgan fingerprint density at radius 1 is 1.45 bits per heavy atom. The van der Waals surface area contributed by atoms with Gasteiger partial charge in [-0.3, -0.25) is 4.79 Å². The van der Waals surface area contributed by atoms with Gasteiger partial charge >= 0.3 is 5.97 Å². The molecule has 5 nitrogen and oxygen atoms in total. The third-order valence-corrected chi connectivity index (χ3v) is 4.69. The number of likely N-dealkylation sites (tertiary alicyclic amines) is 1. The number of nitrogens with zero attached hydrogens (tertiary/aromatic N) is 1. The molecule has 0 bridgehead atoms. The first-order chi connectivity index (χ1) is 9.53. The zero-order valence-corrected chi connectivity index (χ0v) is 12.4. The molecule has 0 aromatic rings. The van der Waals surface area contributed by atoms with E-state index in [0.717, 1.165) is 38.8 Å². The number of ether oxygens (including phenoxy) is 1. The first-order valence-electron chi connectivity index (χ1n) is 7.82. The number of rotatable bonds is 5. The minimum atomic E-state index is -0.677. The van der Waals surface area contributed by atoms with Gasteiger partial charge in [-0.2, -0.15) is 0 Å². The van der Waals surface area contributed by atoms with Crippen molar-refractivity contribution in [2.75, 3.05) is 26.2 Å². The Morgan fingerprint density at radius 2 is 2.25 bits per heavy atom. The maximum Gasteiger partial charge on any atom is 0.308 e. The van der Waals surface area contributed by atoms with Gasteiger partial charge < -0.3 is 19.8 Å². The number of carbonyl (C=O) groups excluding carboxylic acids is 1. The Kier molecular flexibility index (Phi) is 5.41. The minimum absolute atomic E-state index is 0.0548. The summed E-state index contributed by atoms with van der Waals surface area (Å²) in [5.41, 5.74) is -0.485. The van der Waals surface area contributed by atoms with Gasteiger partial charge in [-0.05, 0) is 26.2 Å². The molecule has 1 heterocycles. The lowest BCUT2D eigenvalue weighted by molar-refractivity contribution is -0.146. The lowest BCUT2D eigenvalue weighted by Gasteiger charge is -2.47. The van der Waals surface area contributed by atoms with Gasteiger partial charge in [0.2, 0.25) is 0 Å². The SMILES string of the molecule is CCOC(=O)CC(O)CN1CCC2(O)CCCCC2C1. The van der Waals surface area contributed by atoms with Crippen LogP contribution in [-0.4, -0.2) is 59.0 Å². The van der Waals surface area contributed by atoms with E-state index in [-0.39, 0.29) is 12.4 Å². The van der Waals surface area contributed by atoms with E-state index in [4.69, 9.17) is 4.74 Å². The molecule has 2 fully saturated rings. The number of aliphatic hydroxyl groups excluding tert-OH is 1. The van der Waals surface area contributed by atoms with Crippen molar-refractivity contribution < 1.29 is 19.7 Å². The molecule has 20 heavy (non-hydrogen) atoms. The van der Waals surface area contributed by atoms with Crippen LogP contribution < -0.4 is 0 Å². The Labute approximate surface area is 120 Å². The number of carbonyl (C=O) groups is 1. The van der Waals surface area contributed by atoms with Crippen molar-refractivity contribution in [3.05, 3.63) is 0 Å². The molecule has 2 rings (SSSR count). The van der Waals surface area contributed by atoms with Gasteiger partial charge in [-0.25, -0.2) is 0 Å². The molecular formula is C15H27NO4. The van der Waals surface area contributed by atoms with Gasteiger partial charge in [0, 0.05) is 25.6 Å². The van der Waals surface area contributed by atoms with Crippen LogP contribution >= 0.6 is 0 Å². The van der Waals surface area contributed by atoms with E-state index in [1.165, 1.54) is 6.42 Å². The monoisotopic (exact) mass is 285 g/mol. The molecule has 2 N–H and O–H groups in total. The van der Waals surface area contributed by atoms with E-state index in [0.29, 0.717) is 19.1 Å². The van der Waals surface area contributed by atoms with Crippen LogP contribution in [0.2, 0.25) is 0 Å². The fourth-order valence-electron chi connectivity index (χ4n) is 3.58. The van der Waals surface area contributed by atoms with E-state index >= 15 is 0 Å². The number of hydrogen-bond acceptors (Lipinski definition) is 5. The van der Waals surface area contributed by atoms with Crippen LogP contribution in [0.15, 0.2) is 0 Å². The van der Waals surface area contributed by atoms with Gasteiger partial charge in [0.1, 0.15) is 0 Å². The van der Waals surface area contributed by atoms with Gasteiger partial charge in [0.25, 0.3) is 0 Å². The third kappa shape index (κ3) is 3.93. The summed E-state index contributed by atoms with van der Waals surface area (Å²) in [5, 5.41) is 20.5. The summed E-state index contributed by atoms with van der Waals surface area (Å²) in [6.07, 6.45) is 4.45. The van der Waals surface area contributed by atoms with Crippen molar-refractivity contribution >= 4 is 5.97 Å². The van der Waals surface area contributed by atoms with E-state index in [1.807, 2.05) is 0 Å². The molecule has 1 saturated heterocycles. The number of aliphatic hydroxyl groups is 2. The van der Waals surface area contributed by atoms with Gasteiger partial charge in [-0.15, -0.1) is 0 Å². The number of hydrogen-bond donors (Lipinski definition) is 2. The van der Waals surface area contributed by atoms with Crippen molar-refractivity contribution in [3.63, 3.8) is 0 Å². The predicted molar refractivity (Wildman–Crippen MR) is 75.2 cm³/mol. The first-order valence-corrected chi connectivity index (χ1v) is 7.82. The fourth-order valence-corrected chi connectivity index (χ4v) is 3.58. The minimum Gasteiger partial charge on any atom is -0.466 e. The second kappa shape index (κ2) is 6.87.